The molecule has 3 heteroatoms. The van der Waals surface area contributed by atoms with Gasteiger partial charge in [-0.3, -0.25) is 0 Å². The zero-order chi connectivity index (χ0) is 12.7. The minimum Gasteiger partial charge on any atom is -0.384 e. The normalized spacial score (nSPS) is 11.5. The van der Waals surface area contributed by atoms with Gasteiger partial charge in [-0.25, -0.2) is 4.98 Å². The monoisotopic (exact) mass is 235 g/mol. The average molecular weight is 235 g/mol. The minimum absolute atomic E-state index is 0.327. The maximum Gasteiger partial charge on any atom is 0.125 e. The van der Waals surface area contributed by atoms with E-state index in [-0.39, 0.29) is 0 Å². The Morgan fingerprint density at radius 3 is 2.76 bits per heavy atom. The number of nitrogen functional groups attached to an aromatic ring is 1. The van der Waals surface area contributed by atoms with Crippen molar-refractivity contribution in [3.63, 3.8) is 0 Å². The molecule has 0 fully saturated rings. The average Bonchev–Trinajstić information content (AvgIpc) is 2.27. The van der Waals surface area contributed by atoms with E-state index >= 15 is 0 Å². The quantitative estimate of drug-likeness (QED) is 0.709. The Balaban J connectivity index is 2.38. The molecule has 1 aromatic rings. The molecule has 3 nitrogen and oxygen atoms in total. The lowest BCUT2D eigenvalue weighted by Gasteiger charge is -2.25. The van der Waals surface area contributed by atoms with Crippen LogP contribution >= 0.6 is 0 Å². The van der Waals surface area contributed by atoms with E-state index in [1.54, 1.807) is 6.20 Å². The van der Waals surface area contributed by atoms with Crippen LogP contribution in [0.15, 0.2) is 18.3 Å². The number of anilines is 2. The van der Waals surface area contributed by atoms with Crippen molar-refractivity contribution in [2.24, 2.45) is 5.41 Å². The van der Waals surface area contributed by atoms with Crippen LogP contribution in [-0.4, -0.2) is 11.5 Å². The number of nitrogens with two attached hydrogens (primary N) is 1. The molecule has 0 aromatic carbocycles. The summed E-state index contributed by atoms with van der Waals surface area (Å²) in [6.07, 6.45) is 6.91. The number of pyridine rings is 1. The standard InChI is InChI=1S/C14H25N3/c1-4-5-6-8-14(2,3)11-17-12-7-9-16-13(15)10-12/h7,9-10H,4-6,8,11H2,1-3H3,(H3,15,16,17). The lowest BCUT2D eigenvalue weighted by Crippen LogP contribution is -2.23. The second-order valence-electron chi connectivity index (χ2n) is 5.44. The third-order valence-electron chi connectivity index (χ3n) is 3.01. The summed E-state index contributed by atoms with van der Waals surface area (Å²) in [7, 11) is 0. The lowest BCUT2D eigenvalue weighted by molar-refractivity contribution is 0.342. The van der Waals surface area contributed by atoms with Crippen LogP contribution in [0, 0.1) is 5.41 Å². The van der Waals surface area contributed by atoms with Gasteiger partial charge in [0.1, 0.15) is 5.82 Å². The van der Waals surface area contributed by atoms with Gasteiger partial charge in [0, 0.05) is 24.5 Å². The molecule has 0 unspecified atom stereocenters. The fourth-order valence-electron chi connectivity index (χ4n) is 1.84. The second-order valence-corrected chi connectivity index (χ2v) is 5.44. The minimum atomic E-state index is 0.327. The first-order valence-corrected chi connectivity index (χ1v) is 6.49. The molecule has 0 atom stereocenters. The van der Waals surface area contributed by atoms with Gasteiger partial charge in [-0.05, 0) is 17.9 Å². The van der Waals surface area contributed by atoms with Crippen LogP contribution < -0.4 is 11.1 Å². The molecule has 17 heavy (non-hydrogen) atoms. The highest BCUT2D eigenvalue weighted by Gasteiger charge is 2.16. The lowest BCUT2D eigenvalue weighted by atomic mass is 9.87. The molecule has 96 valence electrons. The molecule has 0 aliphatic carbocycles. The summed E-state index contributed by atoms with van der Waals surface area (Å²) in [5.41, 5.74) is 7.03. The summed E-state index contributed by atoms with van der Waals surface area (Å²) in [4.78, 5) is 3.98. The van der Waals surface area contributed by atoms with E-state index in [9.17, 15) is 0 Å². The summed E-state index contributed by atoms with van der Waals surface area (Å²) in [6, 6.07) is 3.83. The smallest absolute Gasteiger partial charge is 0.125 e. The number of hydrogen-bond acceptors (Lipinski definition) is 3. The SMILES string of the molecule is CCCCCC(C)(C)CNc1ccnc(N)c1. The van der Waals surface area contributed by atoms with Crippen molar-refractivity contribution in [3.05, 3.63) is 18.3 Å². The van der Waals surface area contributed by atoms with Crippen molar-refractivity contribution < 1.29 is 0 Å². The Morgan fingerprint density at radius 2 is 2.12 bits per heavy atom. The van der Waals surface area contributed by atoms with E-state index in [1.165, 1.54) is 25.7 Å². The number of rotatable bonds is 7. The first-order chi connectivity index (χ1) is 8.03. The number of hydrogen-bond donors (Lipinski definition) is 2. The van der Waals surface area contributed by atoms with E-state index in [4.69, 9.17) is 5.73 Å². The molecule has 0 saturated heterocycles. The van der Waals surface area contributed by atoms with E-state index < -0.39 is 0 Å². The highest BCUT2D eigenvalue weighted by Crippen LogP contribution is 2.24. The molecule has 1 heterocycles. The van der Waals surface area contributed by atoms with Crippen molar-refractivity contribution in [1.29, 1.82) is 0 Å². The van der Waals surface area contributed by atoms with Crippen LogP contribution in [0.2, 0.25) is 0 Å². The summed E-state index contributed by atoms with van der Waals surface area (Å²) in [5.74, 6) is 0.568. The zero-order valence-electron chi connectivity index (χ0n) is 11.3. The van der Waals surface area contributed by atoms with Crippen molar-refractivity contribution >= 4 is 11.5 Å². The number of aromatic nitrogens is 1. The molecule has 1 aromatic heterocycles. The molecule has 0 spiro atoms. The Bertz CT molecular complexity index is 334. The predicted octanol–water partition coefficient (Wildman–Crippen LogP) is 3.68. The Hall–Kier alpha value is -1.25. The molecule has 0 radical (unpaired) electrons. The van der Waals surface area contributed by atoms with Crippen molar-refractivity contribution in [3.8, 4) is 0 Å². The number of nitrogens with zero attached hydrogens (tertiary/aromatic N) is 1. The Labute approximate surface area is 105 Å². The van der Waals surface area contributed by atoms with Gasteiger partial charge in [-0.15, -0.1) is 0 Å². The van der Waals surface area contributed by atoms with E-state index in [1.807, 2.05) is 12.1 Å². The first kappa shape index (κ1) is 13.8. The van der Waals surface area contributed by atoms with Crippen molar-refractivity contribution in [1.82, 2.24) is 4.98 Å². The third-order valence-corrected chi connectivity index (χ3v) is 3.01. The maximum absolute atomic E-state index is 5.65. The van der Waals surface area contributed by atoms with Crippen molar-refractivity contribution in [2.75, 3.05) is 17.6 Å². The van der Waals surface area contributed by atoms with Crippen LogP contribution in [0.1, 0.15) is 46.5 Å². The van der Waals surface area contributed by atoms with Gasteiger partial charge in [-0.1, -0.05) is 40.0 Å². The predicted molar refractivity (Wildman–Crippen MR) is 75.1 cm³/mol. The zero-order valence-corrected chi connectivity index (χ0v) is 11.3. The van der Waals surface area contributed by atoms with Gasteiger partial charge in [0.05, 0.1) is 0 Å². The number of unbranched alkanes of at least 4 members (excludes halogenated alkanes) is 2. The van der Waals surface area contributed by atoms with Gasteiger partial charge in [0.15, 0.2) is 0 Å². The molecule has 0 amide bonds. The summed E-state index contributed by atoms with van der Waals surface area (Å²) < 4.78 is 0. The molecule has 1 rings (SSSR count). The third kappa shape index (κ3) is 5.57. The maximum atomic E-state index is 5.65. The van der Waals surface area contributed by atoms with E-state index in [2.05, 4.69) is 31.1 Å². The van der Waals surface area contributed by atoms with Crippen LogP contribution in [0.25, 0.3) is 0 Å². The van der Waals surface area contributed by atoms with Crippen LogP contribution in [0.3, 0.4) is 0 Å². The van der Waals surface area contributed by atoms with Crippen LogP contribution in [0.5, 0.6) is 0 Å². The molecule has 0 aliphatic rings. The van der Waals surface area contributed by atoms with E-state index in [0.717, 1.165) is 12.2 Å². The van der Waals surface area contributed by atoms with Crippen LogP contribution in [0.4, 0.5) is 11.5 Å². The summed E-state index contributed by atoms with van der Waals surface area (Å²) in [5, 5.41) is 3.43. The van der Waals surface area contributed by atoms with Gasteiger partial charge < -0.3 is 11.1 Å². The molecule has 0 bridgehead atoms. The molecule has 0 saturated carbocycles. The highest BCUT2D eigenvalue weighted by molar-refractivity contribution is 5.49. The molecular formula is C14H25N3. The van der Waals surface area contributed by atoms with E-state index in [0.29, 0.717) is 11.2 Å². The second kappa shape index (κ2) is 6.48. The Kier molecular flexibility index (Phi) is 5.26. The fourth-order valence-corrected chi connectivity index (χ4v) is 1.84. The summed E-state index contributed by atoms with van der Waals surface area (Å²) in [6.45, 7) is 7.82. The largest absolute Gasteiger partial charge is 0.384 e. The number of nitrogens with one attached hydrogen (secondary N) is 1. The van der Waals surface area contributed by atoms with Gasteiger partial charge in [0.2, 0.25) is 0 Å². The first-order valence-electron chi connectivity index (χ1n) is 6.49. The van der Waals surface area contributed by atoms with Gasteiger partial charge in [-0.2, -0.15) is 0 Å². The van der Waals surface area contributed by atoms with Gasteiger partial charge in [0.25, 0.3) is 0 Å². The Morgan fingerprint density at radius 1 is 1.35 bits per heavy atom. The summed E-state index contributed by atoms with van der Waals surface area (Å²) >= 11 is 0. The molecular weight excluding hydrogens is 210 g/mol. The van der Waals surface area contributed by atoms with Crippen molar-refractivity contribution in [2.45, 2.75) is 46.5 Å². The van der Waals surface area contributed by atoms with Crippen LogP contribution in [-0.2, 0) is 0 Å². The molecule has 0 aliphatic heterocycles. The fraction of sp³-hybridized carbons (Fsp3) is 0.643. The topological polar surface area (TPSA) is 50.9 Å². The molecule has 3 N–H and O–H groups in total. The van der Waals surface area contributed by atoms with Gasteiger partial charge >= 0.3 is 0 Å². The highest BCUT2D eigenvalue weighted by atomic mass is 14.9.